The lowest BCUT2D eigenvalue weighted by atomic mass is 10.6. The predicted octanol–water partition coefficient (Wildman–Crippen LogP) is 1.05. The number of aromatic nitrogens is 1. The quantitative estimate of drug-likeness (QED) is 0.826. The molecule has 0 saturated heterocycles. The number of anilines is 1. The van der Waals surface area contributed by atoms with Crippen molar-refractivity contribution in [2.45, 2.75) is 24.9 Å². The minimum absolute atomic E-state index is 0.00116. The van der Waals surface area contributed by atoms with Crippen LogP contribution >= 0.6 is 11.3 Å². The molecule has 0 fully saturated rings. The number of sulfone groups is 1. The summed E-state index contributed by atoms with van der Waals surface area (Å²) in [6.45, 7) is 3.32. The van der Waals surface area contributed by atoms with Crippen LogP contribution in [-0.4, -0.2) is 18.7 Å². The van der Waals surface area contributed by atoms with Gasteiger partial charge in [-0.15, -0.1) is 11.3 Å². The highest BCUT2D eigenvalue weighted by molar-refractivity contribution is 7.91. The van der Waals surface area contributed by atoms with Crippen LogP contribution in [0.2, 0.25) is 0 Å². The van der Waals surface area contributed by atoms with Crippen molar-refractivity contribution in [3.8, 4) is 0 Å². The summed E-state index contributed by atoms with van der Waals surface area (Å²) in [5.74, 6) is 0.329. The number of nitrogens with two attached hydrogens (primary N) is 1. The van der Waals surface area contributed by atoms with Crippen molar-refractivity contribution in [3.05, 3.63) is 10.4 Å². The molecule has 0 spiro atoms. The van der Waals surface area contributed by atoms with Crippen molar-refractivity contribution in [1.82, 2.24) is 4.98 Å². The molecule has 0 aliphatic rings. The average molecular weight is 220 g/mol. The lowest BCUT2D eigenvalue weighted by Crippen LogP contribution is -2.16. The molecule has 13 heavy (non-hydrogen) atoms. The zero-order chi connectivity index (χ0) is 10.1. The fourth-order valence-electron chi connectivity index (χ4n) is 0.736. The van der Waals surface area contributed by atoms with Crippen molar-refractivity contribution >= 4 is 27.0 Å². The molecule has 0 aromatic carbocycles. The van der Waals surface area contributed by atoms with Crippen LogP contribution in [-0.2, 0) is 15.6 Å². The van der Waals surface area contributed by atoms with E-state index in [4.69, 9.17) is 5.73 Å². The molecular formula is C7H12N2O2S2. The zero-order valence-corrected chi connectivity index (χ0v) is 9.15. The van der Waals surface area contributed by atoms with E-state index in [1.54, 1.807) is 19.4 Å². The predicted molar refractivity (Wildman–Crippen MR) is 54.3 cm³/mol. The molecule has 1 aromatic heterocycles. The van der Waals surface area contributed by atoms with Gasteiger partial charge in [0.05, 0.1) is 21.4 Å². The highest BCUT2D eigenvalue weighted by Crippen LogP contribution is 2.20. The van der Waals surface area contributed by atoms with E-state index in [1.165, 1.54) is 11.3 Å². The van der Waals surface area contributed by atoms with E-state index in [1.807, 2.05) is 0 Å². The lowest BCUT2D eigenvalue weighted by Gasteiger charge is -2.05. The van der Waals surface area contributed by atoms with Gasteiger partial charge >= 0.3 is 0 Å². The Balaban J connectivity index is 2.88. The summed E-state index contributed by atoms with van der Waals surface area (Å²) in [6, 6.07) is 0. The molecule has 0 amide bonds. The number of hydrogen-bond donors (Lipinski definition) is 1. The number of hydrogen-bond acceptors (Lipinski definition) is 5. The monoisotopic (exact) mass is 220 g/mol. The Hall–Kier alpha value is -0.620. The first-order chi connectivity index (χ1) is 5.93. The Kier molecular flexibility index (Phi) is 2.92. The zero-order valence-electron chi connectivity index (χ0n) is 7.52. The fourth-order valence-corrected chi connectivity index (χ4v) is 2.82. The first kappa shape index (κ1) is 10.5. The minimum Gasteiger partial charge on any atom is -0.383 e. The summed E-state index contributed by atoms with van der Waals surface area (Å²) in [6.07, 6.45) is 0. The standard InChI is InChI=1S/C7H12N2O2S2/c1-5(2)13(10,11)3-6-7(8)9-4-12-6/h4-5H,3,8H2,1-2H3. The first-order valence-electron chi connectivity index (χ1n) is 3.83. The molecule has 1 heterocycles. The lowest BCUT2D eigenvalue weighted by molar-refractivity contribution is 0.587. The van der Waals surface area contributed by atoms with E-state index in [-0.39, 0.29) is 11.0 Å². The van der Waals surface area contributed by atoms with E-state index in [0.717, 1.165) is 0 Å². The Morgan fingerprint density at radius 3 is 2.62 bits per heavy atom. The van der Waals surface area contributed by atoms with Gasteiger partial charge in [-0.3, -0.25) is 0 Å². The topological polar surface area (TPSA) is 73.0 Å². The molecule has 0 aliphatic heterocycles. The van der Waals surface area contributed by atoms with Gasteiger partial charge < -0.3 is 5.73 Å². The first-order valence-corrected chi connectivity index (χ1v) is 6.42. The fraction of sp³-hybridized carbons (Fsp3) is 0.571. The van der Waals surface area contributed by atoms with E-state index in [0.29, 0.717) is 10.7 Å². The van der Waals surface area contributed by atoms with Crippen molar-refractivity contribution in [2.24, 2.45) is 0 Å². The second-order valence-corrected chi connectivity index (χ2v) is 6.51. The normalized spacial score (nSPS) is 12.2. The smallest absolute Gasteiger partial charge is 0.157 e. The van der Waals surface area contributed by atoms with Crippen LogP contribution in [0.4, 0.5) is 5.82 Å². The summed E-state index contributed by atoms with van der Waals surface area (Å²) in [5, 5.41) is -0.367. The highest BCUT2D eigenvalue weighted by Gasteiger charge is 2.19. The Morgan fingerprint density at radius 2 is 2.23 bits per heavy atom. The largest absolute Gasteiger partial charge is 0.383 e. The summed E-state index contributed by atoms with van der Waals surface area (Å²) in [7, 11) is -3.05. The van der Waals surface area contributed by atoms with Gasteiger partial charge in [0.2, 0.25) is 0 Å². The number of nitrogen functional groups attached to an aromatic ring is 1. The van der Waals surface area contributed by atoms with Crippen LogP contribution in [0.25, 0.3) is 0 Å². The van der Waals surface area contributed by atoms with Crippen LogP contribution in [0.5, 0.6) is 0 Å². The van der Waals surface area contributed by atoms with Crippen molar-refractivity contribution in [3.63, 3.8) is 0 Å². The SMILES string of the molecule is CC(C)S(=O)(=O)Cc1scnc1N. The van der Waals surface area contributed by atoms with Crippen molar-refractivity contribution < 1.29 is 8.42 Å². The van der Waals surface area contributed by atoms with Gasteiger partial charge in [-0.1, -0.05) is 0 Å². The van der Waals surface area contributed by atoms with Crippen LogP contribution in [0, 0.1) is 0 Å². The molecule has 0 aliphatic carbocycles. The van der Waals surface area contributed by atoms with Gasteiger partial charge in [0.15, 0.2) is 9.84 Å². The summed E-state index contributed by atoms with van der Waals surface area (Å²) < 4.78 is 22.9. The van der Waals surface area contributed by atoms with Gasteiger partial charge in [0.1, 0.15) is 5.82 Å². The van der Waals surface area contributed by atoms with E-state index < -0.39 is 9.84 Å². The third-order valence-electron chi connectivity index (χ3n) is 1.72. The van der Waals surface area contributed by atoms with Crippen molar-refractivity contribution in [2.75, 3.05) is 5.73 Å². The van der Waals surface area contributed by atoms with E-state index in [2.05, 4.69) is 4.98 Å². The summed E-state index contributed by atoms with van der Waals surface area (Å²) in [5.41, 5.74) is 7.04. The summed E-state index contributed by atoms with van der Waals surface area (Å²) >= 11 is 1.28. The maximum Gasteiger partial charge on any atom is 0.157 e. The van der Waals surface area contributed by atoms with Gasteiger partial charge in [-0.05, 0) is 13.8 Å². The molecule has 1 rings (SSSR count). The van der Waals surface area contributed by atoms with Gasteiger partial charge in [0.25, 0.3) is 0 Å². The van der Waals surface area contributed by atoms with Gasteiger partial charge in [-0.25, -0.2) is 13.4 Å². The Bertz CT molecular complexity index is 381. The number of rotatable bonds is 3. The third-order valence-corrected chi connectivity index (χ3v) is 4.88. The van der Waals surface area contributed by atoms with E-state index in [9.17, 15) is 8.42 Å². The molecule has 0 bridgehead atoms. The molecule has 0 saturated carbocycles. The molecule has 2 N–H and O–H groups in total. The van der Waals surface area contributed by atoms with Crippen LogP contribution < -0.4 is 5.73 Å². The average Bonchev–Trinajstić information content (AvgIpc) is 2.35. The molecule has 6 heteroatoms. The molecular weight excluding hydrogens is 208 g/mol. The number of nitrogens with zero attached hydrogens (tertiary/aromatic N) is 1. The van der Waals surface area contributed by atoms with Crippen molar-refractivity contribution in [1.29, 1.82) is 0 Å². The van der Waals surface area contributed by atoms with E-state index >= 15 is 0 Å². The Labute approximate surface area is 81.7 Å². The number of thiazole rings is 1. The summed E-state index contributed by atoms with van der Waals surface area (Å²) in [4.78, 5) is 4.43. The molecule has 0 radical (unpaired) electrons. The third kappa shape index (κ3) is 2.41. The van der Waals surface area contributed by atoms with Crippen LogP contribution in [0.1, 0.15) is 18.7 Å². The maximum atomic E-state index is 11.5. The molecule has 1 aromatic rings. The molecule has 74 valence electrons. The highest BCUT2D eigenvalue weighted by atomic mass is 32.2. The maximum absolute atomic E-state index is 11.5. The molecule has 0 atom stereocenters. The van der Waals surface area contributed by atoms with Crippen LogP contribution in [0.3, 0.4) is 0 Å². The molecule has 4 nitrogen and oxygen atoms in total. The van der Waals surface area contributed by atoms with Gasteiger partial charge in [-0.2, -0.15) is 0 Å². The second kappa shape index (κ2) is 3.63. The van der Waals surface area contributed by atoms with Crippen LogP contribution in [0.15, 0.2) is 5.51 Å². The minimum atomic E-state index is -3.05. The molecule has 0 unspecified atom stereocenters. The van der Waals surface area contributed by atoms with Gasteiger partial charge in [0, 0.05) is 0 Å². The Morgan fingerprint density at radius 1 is 1.62 bits per heavy atom. The second-order valence-electron chi connectivity index (χ2n) is 3.02.